The van der Waals surface area contributed by atoms with E-state index in [2.05, 4.69) is 42.9 Å². The number of carboxylic acids is 1. The maximum atomic E-state index is 12.4. The van der Waals surface area contributed by atoms with Crippen LogP contribution < -0.4 is 5.56 Å². The van der Waals surface area contributed by atoms with Gasteiger partial charge in [0.25, 0.3) is 5.56 Å². The molecule has 5 nitrogen and oxygen atoms in total. The fourth-order valence-electron chi connectivity index (χ4n) is 4.21. The molecular weight excluding hydrogens is 340 g/mol. The zero-order chi connectivity index (χ0) is 19.5. The number of benzene rings is 1. The standard InChI is InChI=1S/C22H22N2O3/c1-11-8-14-13(12-6-5-7-23-18(11)12)10-17(22(2,3)4)15-9-16(21(26)27)20(25)24-19(14)15/h5-9,17H,10H2,1-4H3,(H,24,25)(H,26,27). The topological polar surface area (TPSA) is 83.0 Å². The van der Waals surface area contributed by atoms with E-state index in [1.807, 2.05) is 13.0 Å². The Morgan fingerprint density at radius 2 is 2.04 bits per heavy atom. The van der Waals surface area contributed by atoms with E-state index in [9.17, 15) is 14.7 Å². The minimum atomic E-state index is -1.20. The van der Waals surface area contributed by atoms with Crippen molar-refractivity contribution < 1.29 is 9.90 Å². The van der Waals surface area contributed by atoms with Gasteiger partial charge in [0, 0.05) is 17.1 Å². The zero-order valence-corrected chi connectivity index (χ0v) is 15.9. The molecule has 1 aliphatic carbocycles. The average Bonchev–Trinajstić information content (AvgIpc) is 2.60. The van der Waals surface area contributed by atoms with Crippen LogP contribution in [0.5, 0.6) is 0 Å². The molecule has 27 heavy (non-hydrogen) atoms. The number of pyridine rings is 2. The van der Waals surface area contributed by atoms with Crippen molar-refractivity contribution >= 4 is 16.9 Å². The summed E-state index contributed by atoms with van der Waals surface area (Å²) in [5.74, 6) is -1.11. The van der Waals surface area contributed by atoms with Crippen LogP contribution in [-0.4, -0.2) is 21.0 Å². The number of hydrogen-bond donors (Lipinski definition) is 2. The lowest BCUT2D eigenvalue weighted by atomic mass is 9.68. The van der Waals surface area contributed by atoms with E-state index >= 15 is 0 Å². The van der Waals surface area contributed by atoms with Crippen molar-refractivity contribution in [2.24, 2.45) is 5.41 Å². The van der Waals surface area contributed by atoms with E-state index in [4.69, 9.17) is 0 Å². The van der Waals surface area contributed by atoms with E-state index in [1.165, 1.54) is 0 Å². The molecule has 0 amide bonds. The second-order valence-electron chi connectivity index (χ2n) is 8.39. The van der Waals surface area contributed by atoms with Crippen LogP contribution in [0.15, 0.2) is 35.3 Å². The molecule has 5 heteroatoms. The summed E-state index contributed by atoms with van der Waals surface area (Å²) in [6.45, 7) is 8.45. The number of aromatic nitrogens is 2. The summed E-state index contributed by atoms with van der Waals surface area (Å²) in [4.78, 5) is 31.3. The molecule has 1 aliphatic rings. The second-order valence-corrected chi connectivity index (χ2v) is 8.39. The number of carboxylic acid groups (broad SMARTS) is 1. The van der Waals surface area contributed by atoms with Crippen LogP contribution in [0.3, 0.4) is 0 Å². The van der Waals surface area contributed by atoms with Crippen molar-refractivity contribution in [2.75, 3.05) is 0 Å². The number of aromatic amines is 1. The van der Waals surface area contributed by atoms with Gasteiger partial charge in [0.2, 0.25) is 0 Å². The fraction of sp³-hybridized carbons (Fsp3) is 0.318. The molecule has 4 rings (SSSR count). The highest BCUT2D eigenvalue weighted by molar-refractivity contribution is 5.94. The molecule has 138 valence electrons. The Kier molecular flexibility index (Phi) is 3.74. The third-order valence-electron chi connectivity index (χ3n) is 5.59. The van der Waals surface area contributed by atoms with Crippen LogP contribution in [0.2, 0.25) is 0 Å². The van der Waals surface area contributed by atoms with Gasteiger partial charge in [0.1, 0.15) is 5.56 Å². The number of rotatable bonds is 1. The molecule has 3 aromatic rings. The quantitative estimate of drug-likeness (QED) is 0.677. The molecule has 0 saturated carbocycles. The number of nitrogens with one attached hydrogen (secondary N) is 1. The van der Waals surface area contributed by atoms with Gasteiger partial charge in [-0.2, -0.15) is 0 Å². The van der Waals surface area contributed by atoms with Crippen molar-refractivity contribution in [3.8, 4) is 11.3 Å². The summed E-state index contributed by atoms with van der Waals surface area (Å²) in [5, 5.41) is 10.5. The van der Waals surface area contributed by atoms with Crippen LogP contribution in [0.4, 0.5) is 0 Å². The molecule has 0 fully saturated rings. The maximum absolute atomic E-state index is 12.4. The third-order valence-corrected chi connectivity index (χ3v) is 5.59. The van der Waals surface area contributed by atoms with Crippen molar-refractivity contribution in [3.63, 3.8) is 0 Å². The molecular formula is C22H22N2O3. The Labute approximate surface area is 157 Å². The van der Waals surface area contributed by atoms with Gasteiger partial charge >= 0.3 is 5.97 Å². The largest absolute Gasteiger partial charge is 0.477 e. The van der Waals surface area contributed by atoms with E-state index in [-0.39, 0.29) is 16.9 Å². The lowest BCUT2D eigenvalue weighted by molar-refractivity contribution is 0.0694. The summed E-state index contributed by atoms with van der Waals surface area (Å²) < 4.78 is 0. The molecule has 1 aromatic carbocycles. The van der Waals surface area contributed by atoms with Gasteiger partial charge in [-0.15, -0.1) is 0 Å². The smallest absolute Gasteiger partial charge is 0.341 e. The highest BCUT2D eigenvalue weighted by atomic mass is 16.4. The Morgan fingerprint density at radius 1 is 1.30 bits per heavy atom. The molecule has 1 unspecified atom stereocenters. The summed E-state index contributed by atoms with van der Waals surface area (Å²) in [6, 6.07) is 7.62. The van der Waals surface area contributed by atoms with E-state index < -0.39 is 11.5 Å². The Hall–Kier alpha value is -2.95. The summed E-state index contributed by atoms with van der Waals surface area (Å²) in [5.41, 5.74) is 4.91. The summed E-state index contributed by atoms with van der Waals surface area (Å²) >= 11 is 0. The molecule has 0 spiro atoms. The van der Waals surface area contributed by atoms with Crippen molar-refractivity contribution in [1.82, 2.24) is 9.97 Å². The molecule has 2 aromatic heterocycles. The van der Waals surface area contributed by atoms with Gasteiger partial charge in [-0.25, -0.2) is 4.79 Å². The third kappa shape index (κ3) is 2.65. The number of fused-ring (bicyclic) bond motifs is 5. The molecule has 1 atom stereocenters. The number of aryl methyl sites for hydroxylation is 1. The zero-order valence-electron chi connectivity index (χ0n) is 15.9. The minimum Gasteiger partial charge on any atom is -0.477 e. The van der Waals surface area contributed by atoms with Gasteiger partial charge in [-0.1, -0.05) is 26.8 Å². The first-order valence-electron chi connectivity index (χ1n) is 9.06. The molecule has 2 heterocycles. The lowest BCUT2D eigenvalue weighted by Crippen LogP contribution is -2.28. The minimum absolute atomic E-state index is 0.0843. The molecule has 0 radical (unpaired) electrons. The van der Waals surface area contributed by atoms with E-state index in [0.717, 1.165) is 45.3 Å². The molecule has 0 aliphatic heterocycles. The van der Waals surface area contributed by atoms with Crippen LogP contribution >= 0.6 is 0 Å². The van der Waals surface area contributed by atoms with Gasteiger partial charge in [-0.3, -0.25) is 9.78 Å². The number of nitrogens with zero attached hydrogens (tertiary/aromatic N) is 1. The predicted octanol–water partition coefficient (Wildman–Crippen LogP) is 4.28. The Bertz CT molecular complexity index is 1150. The fourth-order valence-corrected chi connectivity index (χ4v) is 4.21. The second kappa shape index (κ2) is 5.78. The average molecular weight is 362 g/mol. The van der Waals surface area contributed by atoms with Crippen LogP contribution in [0, 0.1) is 12.3 Å². The van der Waals surface area contributed by atoms with Crippen LogP contribution in [-0.2, 0) is 6.42 Å². The maximum Gasteiger partial charge on any atom is 0.341 e. The predicted molar refractivity (Wildman–Crippen MR) is 105 cm³/mol. The van der Waals surface area contributed by atoms with Gasteiger partial charge in [0.15, 0.2) is 0 Å². The van der Waals surface area contributed by atoms with Gasteiger partial charge in [-0.05, 0) is 59.6 Å². The highest BCUT2D eigenvalue weighted by Crippen LogP contribution is 2.48. The molecule has 2 N–H and O–H groups in total. The van der Waals surface area contributed by atoms with Crippen molar-refractivity contribution in [1.29, 1.82) is 0 Å². The Morgan fingerprint density at radius 3 is 2.70 bits per heavy atom. The van der Waals surface area contributed by atoms with E-state index in [0.29, 0.717) is 0 Å². The van der Waals surface area contributed by atoms with Crippen LogP contribution in [0.1, 0.15) is 53.7 Å². The number of carbonyl (C=O) groups is 1. The first-order valence-corrected chi connectivity index (χ1v) is 9.06. The number of aromatic carboxylic acids is 1. The lowest BCUT2D eigenvalue weighted by Gasteiger charge is -2.37. The summed E-state index contributed by atoms with van der Waals surface area (Å²) in [7, 11) is 0. The first-order chi connectivity index (χ1) is 12.7. The highest BCUT2D eigenvalue weighted by Gasteiger charge is 2.35. The monoisotopic (exact) mass is 362 g/mol. The SMILES string of the molecule is Cc1cc2c(c3cccnc13)CC(C(C)(C)C)c1cc(C(=O)O)c(=O)[nH]c1-2. The number of hydrogen-bond acceptors (Lipinski definition) is 3. The van der Waals surface area contributed by atoms with Gasteiger partial charge < -0.3 is 10.1 Å². The van der Waals surface area contributed by atoms with Gasteiger partial charge in [0.05, 0.1) is 11.2 Å². The van der Waals surface area contributed by atoms with Crippen molar-refractivity contribution in [3.05, 3.63) is 63.1 Å². The normalized spacial score (nSPS) is 16.1. The number of H-pyrrole nitrogens is 1. The van der Waals surface area contributed by atoms with E-state index in [1.54, 1.807) is 12.3 Å². The van der Waals surface area contributed by atoms with Crippen LogP contribution in [0.25, 0.3) is 22.2 Å². The molecule has 0 bridgehead atoms. The Balaban J connectivity index is 2.12. The first kappa shape index (κ1) is 17.5. The molecule has 0 saturated heterocycles. The summed E-state index contributed by atoms with van der Waals surface area (Å²) in [6.07, 6.45) is 2.57. The van der Waals surface area contributed by atoms with Crippen molar-refractivity contribution in [2.45, 2.75) is 40.0 Å².